The van der Waals surface area contributed by atoms with Gasteiger partial charge in [0.05, 0.1) is 22.0 Å². The third-order valence-electron chi connectivity index (χ3n) is 6.04. The molecule has 1 N–H and O–H groups in total. The van der Waals surface area contributed by atoms with E-state index < -0.39 is 0 Å². The van der Waals surface area contributed by atoms with Gasteiger partial charge in [-0.25, -0.2) is 4.68 Å². The van der Waals surface area contributed by atoms with Crippen LogP contribution in [0.1, 0.15) is 31.0 Å². The molecule has 2 aromatic carbocycles. The monoisotopic (exact) mass is 445 g/mol. The van der Waals surface area contributed by atoms with E-state index in [0.717, 1.165) is 58.4 Å². The molecule has 1 fully saturated rings. The molecule has 0 radical (unpaired) electrons. The van der Waals surface area contributed by atoms with E-state index in [0.29, 0.717) is 6.54 Å². The summed E-state index contributed by atoms with van der Waals surface area (Å²) in [6, 6.07) is 18.2. The number of carbonyl (C=O) groups excluding carboxylic acids is 1. The van der Waals surface area contributed by atoms with Gasteiger partial charge in [0.1, 0.15) is 0 Å². The van der Waals surface area contributed by atoms with Crippen LogP contribution in [0, 0.1) is 12.8 Å². The minimum Gasteiger partial charge on any atom is -0.347 e. The number of piperidine rings is 1. The lowest BCUT2D eigenvalue weighted by Gasteiger charge is -2.31. The first-order valence-corrected chi connectivity index (χ1v) is 12.0. The van der Waals surface area contributed by atoms with Crippen molar-refractivity contribution in [1.82, 2.24) is 14.8 Å². The summed E-state index contributed by atoms with van der Waals surface area (Å²) in [6.45, 7) is 5.76. The quantitative estimate of drug-likeness (QED) is 0.458. The number of thiazole rings is 1. The summed E-state index contributed by atoms with van der Waals surface area (Å²) in [5.74, 6) is 0.0449. The topological polar surface area (TPSA) is 63.1 Å². The van der Waals surface area contributed by atoms with Gasteiger partial charge in [0.25, 0.3) is 0 Å². The average Bonchev–Trinajstić information content (AvgIpc) is 3.40. The highest BCUT2D eigenvalue weighted by atomic mass is 32.1. The van der Waals surface area contributed by atoms with Gasteiger partial charge >= 0.3 is 0 Å². The number of fused-ring (bicyclic) bond motifs is 1. The molecule has 7 heteroatoms. The Balaban J connectivity index is 1.35. The van der Waals surface area contributed by atoms with Crippen molar-refractivity contribution in [3.8, 4) is 5.69 Å². The molecule has 4 aromatic rings. The van der Waals surface area contributed by atoms with E-state index in [1.54, 1.807) is 11.3 Å². The maximum atomic E-state index is 13.0. The predicted octanol–water partition coefficient (Wildman–Crippen LogP) is 5.21. The van der Waals surface area contributed by atoms with Crippen LogP contribution in [0.25, 0.3) is 16.0 Å². The van der Waals surface area contributed by atoms with Gasteiger partial charge in [0.15, 0.2) is 10.8 Å². The lowest BCUT2D eigenvalue weighted by Crippen LogP contribution is -2.40. The summed E-state index contributed by atoms with van der Waals surface area (Å²) in [4.78, 5) is 20.2. The first kappa shape index (κ1) is 20.7. The van der Waals surface area contributed by atoms with Gasteiger partial charge in [0.2, 0.25) is 5.91 Å². The summed E-state index contributed by atoms with van der Waals surface area (Å²) in [6.07, 6.45) is 2.84. The normalized spacial score (nSPS) is 16.4. The largest absolute Gasteiger partial charge is 0.347 e. The van der Waals surface area contributed by atoms with Crippen LogP contribution in [-0.2, 0) is 11.2 Å². The van der Waals surface area contributed by atoms with Gasteiger partial charge in [-0.15, -0.1) is 0 Å². The van der Waals surface area contributed by atoms with Crippen LogP contribution in [0.4, 0.5) is 10.8 Å². The molecule has 32 heavy (non-hydrogen) atoms. The fourth-order valence-electron chi connectivity index (χ4n) is 4.29. The lowest BCUT2D eigenvalue weighted by atomic mass is 9.97. The van der Waals surface area contributed by atoms with Crippen molar-refractivity contribution in [2.45, 2.75) is 33.1 Å². The van der Waals surface area contributed by atoms with Crippen molar-refractivity contribution in [2.24, 2.45) is 5.92 Å². The lowest BCUT2D eigenvalue weighted by molar-refractivity contribution is -0.120. The van der Waals surface area contributed by atoms with Gasteiger partial charge in [0, 0.05) is 18.8 Å². The molecule has 0 saturated carbocycles. The summed E-state index contributed by atoms with van der Waals surface area (Å²) in [7, 11) is 0. The van der Waals surface area contributed by atoms with Crippen molar-refractivity contribution in [3.63, 3.8) is 0 Å². The van der Waals surface area contributed by atoms with E-state index >= 15 is 0 Å². The average molecular weight is 446 g/mol. The van der Waals surface area contributed by atoms with Gasteiger partial charge in [-0.2, -0.15) is 10.1 Å². The molecule has 1 aliphatic heterocycles. The maximum Gasteiger partial charge on any atom is 0.229 e. The zero-order valence-corrected chi connectivity index (χ0v) is 19.2. The zero-order valence-electron chi connectivity index (χ0n) is 18.4. The van der Waals surface area contributed by atoms with E-state index in [9.17, 15) is 4.79 Å². The molecule has 0 spiro atoms. The summed E-state index contributed by atoms with van der Waals surface area (Å²) in [5.41, 5.74) is 4.98. The molecule has 1 aliphatic rings. The van der Waals surface area contributed by atoms with Crippen LogP contribution in [0.3, 0.4) is 0 Å². The first-order valence-electron chi connectivity index (χ1n) is 11.2. The van der Waals surface area contributed by atoms with Crippen molar-refractivity contribution >= 4 is 38.4 Å². The minimum absolute atomic E-state index is 0.0484. The number of hydrogen-bond acceptors (Lipinski definition) is 5. The third-order valence-corrected chi connectivity index (χ3v) is 7.26. The Hall–Kier alpha value is -3.19. The Morgan fingerprint density at radius 1 is 1.19 bits per heavy atom. The molecule has 5 rings (SSSR count). The highest BCUT2D eigenvalue weighted by Crippen LogP contribution is 2.34. The minimum atomic E-state index is -0.0484. The molecular weight excluding hydrogens is 418 g/mol. The number of aromatic nitrogens is 3. The van der Waals surface area contributed by atoms with Crippen molar-refractivity contribution in [1.29, 1.82) is 0 Å². The number of nitrogens with zero attached hydrogens (tertiary/aromatic N) is 4. The number of hydrogen-bond donors (Lipinski definition) is 1. The number of rotatable bonds is 5. The van der Waals surface area contributed by atoms with Crippen LogP contribution in [0.15, 0.2) is 54.6 Å². The van der Waals surface area contributed by atoms with E-state index in [4.69, 9.17) is 10.1 Å². The van der Waals surface area contributed by atoms with Gasteiger partial charge in [-0.1, -0.05) is 48.6 Å². The smallest absolute Gasteiger partial charge is 0.229 e. The summed E-state index contributed by atoms with van der Waals surface area (Å²) in [5, 5.41) is 8.78. The molecular formula is C25H27N5OS. The standard InChI is InChI=1S/C25H27N5OS/c1-3-18-9-7-11-20(15-18)26-24(31)19-10-8-14-29(16-19)25-27-23-22(32-25)17(2)28-30(23)21-12-5-4-6-13-21/h4-7,9,11-13,15,19H,3,8,10,14,16H2,1-2H3,(H,26,31). The molecule has 0 bridgehead atoms. The molecule has 1 amide bonds. The highest BCUT2D eigenvalue weighted by Gasteiger charge is 2.28. The summed E-state index contributed by atoms with van der Waals surface area (Å²) < 4.78 is 3.02. The molecule has 2 aromatic heterocycles. The van der Waals surface area contributed by atoms with Gasteiger partial charge in [-0.3, -0.25) is 4.79 Å². The predicted molar refractivity (Wildman–Crippen MR) is 131 cm³/mol. The summed E-state index contributed by atoms with van der Waals surface area (Å²) >= 11 is 1.67. The molecule has 1 saturated heterocycles. The fraction of sp³-hybridized carbons (Fsp3) is 0.320. The number of nitrogens with one attached hydrogen (secondary N) is 1. The molecule has 164 valence electrons. The second-order valence-electron chi connectivity index (χ2n) is 8.31. The molecule has 3 heterocycles. The van der Waals surface area contributed by atoms with Crippen LogP contribution < -0.4 is 10.2 Å². The second-order valence-corrected chi connectivity index (χ2v) is 9.29. The van der Waals surface area contributed by atoms with Crippen LogP contribution in [0.5, 0.6) is 0 Å². The molecule has 6 nitrogen and oxygen atoms in total. The highest BCUT2D eigenvalue weighted by molar-refractivity contribution is 7.22. The van der Waals surface area contributed by atoms with Crippen molar-refractivity contribution < 1.29 is 4.79 Å². The zero-order chi connectivity index (χ0) is 22.1. The third kappa shape index (κ3) is 4.00. The molecule has 1 atom stereocenters. The van der Waals surface area contributed by atoms with Crippen LogP contribution in [-0.4, -0.2) is 33.8 Å². The van der Waals surface area contributed by atoms with E-state index in [-0.39, 0.29) is 11.8 Å². The second kappa shape index (κ2) is 8.74. The Kier molecular flexibility index (Phi) is 5.66. The number of benzene rings is 2. The first-order chi connectivity index (χ1) is 15.6. The SMILES string of the molecule is CCc1cccc(NC(=O)C2CCCN(c3nc4c(s3)c(C)nn4-c3ccccc3)C2)c1. The van der Waals surface area contributed by atoms with Crippen LogP contribution >= 0.6 is 11.3 Å². The number of amides is 1. The number of anilines is 2. The molecule has 0 aliphatic carbocycles. The van der Waals surface area contributed by atoms with Crippen LogP contribution in [0.2, 0.25) is 0 Å². The van der Waals surface area contributed by atoms with E-state index in [1.807, 2.05) is 54.1 Å². The van der Waals surface area contributed by atoms with Crippen molar-refractivity contribution in [3.05, 3.63) is 65.9 Å². The maximum absolute atomic E-state index is 13.0. The van der Waals surface area contributed by atoms with Gasteiger partial charge in [-0.05, 0) is 56.0 Å². The van der Waals surface area contributed by atoms with Gasteiger partial charge < -0.3 is 10.2 Å². The Bertz CT molecular complexity index is 1250. The Labute approximate surface area is 191 Å². The number of carbonyl (C=O) groups is 1. The Morgan fingerprint density at radius 2 is 2.03 bits per heavy atom. The van der Waals surface area contributed by atoms with E-state index in [1.165, 1.54) is 5.56 Å². The van der Waals surface area contributed by atoms with E-state index in [2.05, 4.69) is 29.3 Å². The fourth-order valence-corrected chi connectivity index (χ4v) is 5.31. The molecule has 1 unspecified atom stereocenters. The van der Waals surface area contributed by atoms with Crippen molar-refractivity contribution in [2.75, 3.05) is 23.3 Å². The Morgan fingerprint density at radius 3 is 2.84 bits per heavy atom. The number of aryl methyl sites for hydroxylation is 2. The number of para-hydroxylation sites is 1.